The van der Waals surface area contributed by atoms with Gasteiger partial charge in [0.1, 0.15) is 13.2 Å². The number of carbonyl (C=O) groups is 2. The van der Waals surface area contributed by atoms with Crippen LogP contribution in [-0.4, -0.2) is 37.2 Å². The highest BCUT2D eigenvalue weighted by molar-refractivity contribution is 5.66. The largest absolute Gasteiger partial charge is 0.464 e. The fourth-order valence-corrected chi connectivity index (χ4v) is 4.60. The van der Waals surface area contributed by atoms with E-state index in [1.54, 1.807) is 0 Å². The molecule has 0 aliphatic heterocycles. The number of rotatable bonds is 26. The van der Waals surface area contributed by atoms with Crippen LogP contribution in [0.3, 0.4) is 0 Å². The van der Waals surface area contributed by atoms with Gasteiger partial charge in [0.2, 0.25) is 0 Å². The first-order chi connectivity index (χ1) is 17.0. The first-order valence-corrected chi connectivity index (χ1v) is 15.0. The van der Waals surface area contributed by atoms with Gasteiger partial charge < -0.3 is 14.8 Å². The van der Waals surface area contributed by atoms with Gasteiger partial charge in [-0.1, -0.05) is 129 Å². The Kier molecular flexibility index (Phi) is 23.8. The van der Waals surface area contributed by atoms with E-state index in [-0.39, 0.29) is 25.2 Å². The maximum atomic E-state index is 11.5. The van der Waals surface area contributed by atoms with Crippen LogP contribution in [0.25, 0.3) is 0 Å². The molecule has 0 atom stereocenters. The van der Waals surface area contributed by atoms with E-state index in [1.807, 2.05) is 0 Å². The highest BCUT2D eigenvalue weighted by atomic mass is 16.5. The van der Waals surface area contributed by atoms with Crippen LogP contribution in [0.15, 0.2) is 0 Å². The average molecular weight is 498 g/mol. The summed E-state index contributed by atoms with van der Waals surface area (Å²) in [5.74, 6) is -0.584. The second-order valence-electron chi connectivity index (χ2n) is 10.5. The normalized spacial score (nSPS) is 11.5. The molecule has 0 bridgehead atoms. The maximum Gasteiger partial charge on any atom is 0.302 e. The van der Waals surface area contributed by atoms with Gasteiger partial charge in [-0.3, -0.25) is 9.59 Å². The van der Waals surface area contributed by atoms with Gasteiger partial charge in [0.25, 0.3) is 0 Å². The second kappa shape index (κ2) is 24.6. The lowest BCUT2D eigenvalue weighted by atomic mass is 9.92. The molecule has 0 saturated heterocycles. The van der Waals surface area contributed by atoms with Crippen LogP contribution in [0.1, 0.15) is 156 Å². The fraction of sp³-hybridized carbons (Fsp3) is 0.933. The van der Waals surface area contributed by atoms with Crippen molar-refractivity contribution in [2.45, 2.75) is 162 Å². The molecule has 35 heavy (non-hydrogen) atoms. The van der Waals surface area contributed by atoms with Crippen molar-refractivity contribution in [3.05, 3.63) is 0 Å². The highest BCUT2D eigenvalue weighted by Gasteiger charge is 2.32. The standard InChI is InChI=1S/C30H59NO4/c1-5-7-9-10-11-12-13-14-15-16-17-18-19-20-21-22-24-30(26-34-28(3)32,27-35-29(4)33)31-25-23-8-6-2/h31H,5-27H2,1-4H3. The minimum absolute atomic E-state index is 0.250. The molecule has 0 aromatic heterocycles. The average Bonchev–Trinajstić information content (AvgIpc) is 2.83. The third-order valence-corrected chi connectivity index (χ3v) is 6.89. The summed E-state index contributed by atoms with van der Waals surface area (Å²) in [5, 5.41) is 3.58. The van der Waals surface area contributed by atoms with Gasteiger partial charge in [-0.2, -0.15) is 0 Å². The van der Waals surface area contributed by atoms with Crippen molar-refractivity contribution in [1.82, 2.24) is 5.32 Å². The van der Waals surface area contributed by atoms with Gasteiger partial charge >= 0.3 is 11.9 Å². The lowest BCUT2D eigenvalue weighted by molar-refractivity contribution is -0.148. The lowest BCUT2D eigenvalue weighted by Gasteiger charge is -2.34. The third kappa shape index (κ3) is 23.1. The maximum absolute atomic E-state index is 11.5. The molecule has 208 valence electrons. The number of hydrogen-bond donors (Lipinski definition) is 1. The van der Waals surface area contributed by atoms with E-state index in [1.165, 1.54) is 104 Å². The van der Waals surface area contributed by atoms with Gasteiger partial charge in [-0.15, -0.1) is 0 Å². The zero-order valence-corrected chi connectivity index (χ0v) is 23.9. The molecule has 5 heteroatoms. The van der Waals surface area contributed by atoms with Gasteiger partial charge in [0, 0.05) is 13.8 Å². The van der Waals surface area contributed by atoms with Crippen molar-refractivity contribution in [2.24, 2.45) is 0 Å². The Morgan fingerprint density at radius 2 is 0.886 bits per heavy atom. The van der Waals surface area contributed by atoms with Crippen molar-refractivity contribution in [2.75, 3.05) is 19.8 Å². The van der Waals surface area contributed by atoms with E-state index in [0.717, 1.165) is 45.1 Å². The first kappa shape index (κ1) is 33.9. The van der Waals surface area contributed by atoms with Crippen molar-refractivity contribution in [3.63, 3.8) is 0 Å². The van der Waals surface area contributed by atoms with Crippen molar-refractivity contribution < 1.29 is 19.1 Å². The molecule has 0 rings (SSSR count). The van der Waals surface area contributed by atoms with Crippen molar-refractivity contribution >= 4 is 11.9 Å². The van der Waals surface area contributed by atoms with E-state index < -0.39 is 5.54 Å². The first-order valence-electron chi connectivity index (χ1n) is 15.0. The van der Waals surface area contributed by atoms with Gasteiger partial charge in [0.15, 0.2) is 0 Å². The minimum Gasteiger partial charge on any atom is -0.464 e. The SMILES string of the molecule is CCCCCCCCCCCCCCCCCCC(COC(C)=O)(COC(C)=O)NCCCCC. The summed E-state index contributed by atoms with van der Waals surface area (Å²) < 4.78 is 10.8. The Morgan fingerprint density at radius 1 is 0.543 bits per heavy atom. The Hall–Kier alpha value is -1.10. The predicted octanol–water partition coefficient (Wildman–Crippen LogP) is 8.28. The number of esters is 2. The molecule has 0 aliphatic carbocycles. The number of ether oxygens (including phenoxy) is 2. The van der Waals surface area contributed by atoms with Crippen molar-refractivity contribution in [3.8, 4) is 0 Å². The van der Waals surface area contributed by atoms with Crippen LogP contribution in [-0.2, 0) is 19.1 Å². The molecule has 0 aromatic rings. The van der Waals surface area contributed by atoms with E-state index in [2.05, 4.69) is 19.2 Å². The fourth-order valence-electron chi connectivity index (χ4n) is 4.60. The van der Waals surface area contributed by atoms with Gasteiger partial charge in [-0.05, 0) is 19.4 Å². The monoisotopic (exact) mass is 497 g/mol. The Labute approximate surface area is 217 Å². The lowest BCUT2D eigenvalue weighted by Crippen LogP contribution is -2.54. The molecule has 0 unspecified atom stereocenters. The molecule has 0 amide bonds. The Balaban J connectivity index is 4.06. The number of hydrogen-bond acceptors (Lipinski definition) is 5. The number of unbranched alkanes of at least 4 members (excludes halogenated alkanes) is 17. The predicted molar refractivity (Wildman–Crippen MR) is 148 cm³/mol. The second-order valence-corrected chi connectivity index (χ2v) is 10.5. The molecule has 0 fully saturated rings. The summed E-state index contributed by atoms with van der Waals surface area (Å²) in [4.78, 5) is 22.9. The van der Waals surface area contributed by atoms with Crippen LogP contribution in [0, 0.1) is 0 Å². The van der Waals surface area contributed by atoms with Crippen LogP contribution >= 0.6 is 0 Å². The number of carbonyl (C=O) groups excluding carboxylic acids is 2. The summed E-state index contributed by atoms with van der Waals surface area (Å²) in [6.07, 6.45) is 25.7. The molecule has 0 heterocycles. The summed E-state index contributed by atoms with van der Waals surface area (Å²) in [6.45, 7) is 8.67. The third-order valence-electron chi connectivity index (χ3n) is 6.89. The molecule has 1 N–H and O–H groups in total. The van der Waals surface area contributed by atoms with Crippen LogP contribution in [0.4, 0.5) is 0 Å². The summed E-state index contributed by atoms with van der Waals surface area (Å²) in [7, 11) is 0. The molecular formula is C30H59NO4. The molecule has 0 aromatic carbocycles. The van der Waals surface area contributed by atoms with E-state index in [9.17, 15) is 9.59 Å². The van der Waals surface area contributed by atoms with E-state index in [0.29, 0.717) is 0 Å². The van der Waals surface area contributed by atoms with Crippen LogP contribution in [0.2, 0.25) is 0 Å². The summed E-state index contributed by atoms with van der Waals surface area (Å²) in [5.41, 5.74) is -0.485. The van der Waals surface area contributed by atoms with Gasteiger partial charge in [-0.25, -0.2) is 0 Å². The molecular weight excluding hydrogens is 438 g/mol. The van der Waals surface area contributed by atoms with Crippen molar-refractivity contribution in [1.29, 1.82) is 0 Å². The Morgan fingerprint density at radius 3 is 1.26 bits per heavy atom. The number of nitrogens with one attached hydrogen (secondary N) is 1. The molecule has 5 nitrogen and oxygen atoms in total. The molecule has 0 saturated carbocycles. The smallest absolute Gasteiger partial charge is 0.302 e. The molecule has 0 aliphatic rings. The summed E-state index contributed by atoms with van der Waals surface area (Å²) in [6, 6.07) is 0. The van der Waals surface area contributed by atoms with Crippen LogP contribution < -0.4 is 5.32 Å². The highest BCUT2D eigenvalue weighted by Crippen LogP contribution is 2.20. The molecule has 0 radical (unpaired) electrons. The van der Waals surface area contributed by atoms with Gasteiger partial charge in [0.05, 0.1) is 5.54 Å². The topological polar surface area (TPSA) is 64.6 Å². The quantitative estimate of drug-likeness (QED) is 0.0962. The summed E-state index contributed by atoms with van der Waals surface area (Å²) >= 11 is 0. The Bertz CT molecular complexity index is 477. The zero-order chi connectivity index (χ0) is 26.0. The zero-order valence-electron chi connectivity index (χ0n) is 23.9. The van der Waals surface area contributed by atoms with Crippen LogP contribution in [0.5, 0.6) is 0 Å². The van der Waals surface area contributed by atoms with E-state index >= 15 is 0 Å². The molecule has 0 spiro atoms. The minimum atomic E-state index is -0.485. The van der Waals surface area contributed by atoms with E-state index in [4.69, 9.17) is 9.47 Å².